The van der Waals surface area contributed by atoms with Crippen LogP contribution in [0.3, 0.4) is 0 Å². The quantitative estimate of drug-likeness (QED) is 0.283. The van der Waals surface area contributed by atoms with E-state index in [0.29, 0.717) is 0 Å². The molecule has 0 aliphatic heterocycles. The van der Waals surface area contributed by atoms with Crippen LogP contribution in [0, 0.1) is 13.8 Å². The fourth-order valence-corrected chi connectivity index (χ4v) is 3.86. The molecular formula is C22H20. The third-order valence-electron chi connectivity index (χ3n) is 5.05. The van der Waals surface area contributed by atoms with Crippen molar-refractivity contribution in [1.82, 2.24) is 0 Å². The molecule has 0 radical (unpaired) electrons. The zero-order chi connectivity index (χ0) is 15.3. The van der Waals surface area contributed by atoms with Crippen LogP contribution in [0.2, 0.25) is 0 Å². The van der Waals surface area contributed by atoms with Gasteiger partial charge < -0.3 is 0 Å². The lowest BCUT2D eigenvalue weighted by molar-refractivity contribution is 1.16. The minimum Gasteiger partial charge on any atom is -0.0616 e. The molecule has 22 heavy (non-hydrogen) atoms. The third kappa shape index (κ3) is 1.70. The number of aryl methyl sites for hydroxylation is 3. The fraction of sp³-hybridized carbons (Fsp3) is 0.182. The van der Waals surface area contributed by atoms with Gasteiger partial charge in [-0.05, 0) is 69.3 Å². The van der Waals surface area contributed by atoms with Crippen molar-refractivity contribution >= 4 is 32.3 Å². The maximum atomic E-state index is 2.31. The van der Waals surface area contributed by atoms with Gasteiger partial charge in [0.2, 0.25) is 0 Å². The van der Waals surface area contributed by atoms with Gasteiger partial charge in [-0.15, -0.1) is 0 Å². The summed E-state index contributed by atoms with van der Waals surface area (Å²) in [7, 11) is 0. The minimum absolute atomic E-state index is 1.08. The maximum absolute atomic E-state index is 2.31. The van der Waals surface area contributed by atoms with Gasteiger partial charge in [-0.1, -0.05) is 61.5 Å². The first-order chi connectivity index (χ1) is 10.7. The SMILES string of the molecule is CCc1cccc2c1ccc1c(C)c3ccccc3c(C)c12. The highest BCUT2D eigenvalue weighted by atomic mass is 14.2. The lowest BCUT2D eigenvalue weighted by Gasteiger charge is -2.15. The van der Waals surface area contributed by atoms with Gasteiger partial charge in [0.15, 0.2) is 0 Å². The summed E-state index contributed by atoms with van der Waals surface area (Å²) in [6, 6.07) is 20.1. The Labute approximate surface area is 131 Å². The lowest BCUT2D eigenvalue weighted by Crippen LogP contribution is -1.91. The van der Waals surface area contributed by atoms with E-state index in [0.717, 1.165) is 6.42 Å². The summed E-state index contributed by atoms with van der Waals surface area (Å²) >= 11 is 0. The summed E-state index contributed by atoms with van der Waals surface area (Å²) in [6.45, 7) is 6.75. The van der Waals surface area contributed by atoms with Gasteiger partial charge in [0.1, 0.15) is 0 Å². The van der Waals surface area contributed by atoms with Crippen molar-refractivity contribution in [3.8, 4) is 0 Å². The Morgan fingerprint density at radius 1 is 0.591 bits per heavy atom. The fourth-order valence-electron chi connectivity index (χ4n) is 3.86. The van der Waals surface area contributed by atoms with E-state index < -0.39 is 0 Å². The van der Waals surface area contributed by atoms with Crippen molar-refractivity contribution in [1.29, 1.82) is 0 Å². The Morgan fingerprint density at radius 3 is 1.95 bits per heavy atom. The first kappa shape index (κ1) is 13.3. The lowest BCUT2D eigenvalue weighted by atomic mass is 9.89. The van der Waals surface area contributed by atoms with Crippen molar-refractivity contribution in [2.75, 3.05) is 0 Å². The molecule has 0 bridgehead atoms. The second kappa shape index (κ2) is 4.84. The largest absolute Gasteiger partial charge is 0.0616 e. The molecule has 0 heterocycles. The molecule has 4 aromatic carbocycles. The van der Waals surface area contributed by atoms with Gasteiger partial charge in [-0.3, -0.25) is 0 Å². The monoisotopic (exact) mass is 284 g/mol. The van der Waals surface area contributed by atoms with Crippen LogP contribution in [0.5, 0.6) is 0 Å². The van der Waals surface area contributed by atoms with E-state index in [1.165, 1.54) is 49.0 Å². The average Bonchev–Trinajstić information content (AvgIpc) is 2.58. The maximum Gasteiger partial charge on any atom is -0.00669 e. The topological polar surface area (TPSA) is 0 Å². The molecule has 4 rings (SSSR count). The van der Waals surface area contributed by atoms with Crippen LogP contribution in [-0.4, -0.2) is 0 Å². The molecule has 0 aromatic heterocycles. The average molecular weight is 284 g/mol. The number of hydrogen-bond donors (Lipinski definition) is 0. The second-order valence-corrected chi connectivity index (χ2v) is 6.15. The summed E-state index contributed by atoms with van der Waals surface area (Å²) in [5.74, 6) is 0. The predicted octanol–water partition coefficient (Wildman–Crippen LogP) is 6.33. The molecular weight excluding hydrogens is 264 g/mol. The van der Waals surface area contributed by atoms with Gasteiger partial charge in [0.05, 0.1) is 0 Å². The van der Waals surface area contributed by atoms with Crippen molar-refractivity contribution in [2.24, 2.45) is 0 Å². The van der Waals surface area contributed by atoms with Crippen LogP contribution in [0.25, 0.3) is 32.3 Å². The van der Waals surface area contributed by atoms with Crippen LogP contribution in [0.15, 0.2) is 54.6 Å². The molecule has 0 aliphatic carbocycles. The van der Waals surface area contributed by atoms with Gasteiger partial charge in [0, 0.05) is 0 Å². The Hall–Kier alpha value is -2.34. The van der Waals surface area contributed by atoms with E-state index in [1.807, 2.05) is 0 Å². The molecule has 0 unspecified atom stereocenters. The van der Waals surface area contributed by atoms with Crippen molar-refractivity contribution < 1.29 is 0 Å². The minimum atomic E-state index is 1.08. The van der Waals surface area contributed by atoms with E-state index in [-0.39, 0.29) is 0 Å². The molecule has 4 aromatic rings. The summed E-state index contributed by atoms with van der Waals surface area (Å²) in [5, 5.41) is 8.35. The van der Waals surface area contributed by atoms with Crippen LogP contribution >= 0.6 is 0 Å². The molecule has 0 saturated carbocycles. The molecule has 0 atom stereocenters. The van der Waals surface area contributed by atoms with Gasteiger partial charge in [-0.25, -0.2) is 0 Å². The predicted molar refractivity (Wildman–Crippen MR) is 97.8 cm³/mol. The summed E-state index contributed by atoms with van der Waals surface area (Å²) in [6.07, 6.45) is 1.08. The van der Waals surface area contributed by atoms with Crippen molar-refractivity contribution in [2.45, 2.75) is 27.2 Å². The number of benzene rings is 4. The standard InChI is InChI=1S/C22H20/c1-4-16-8-7-11-21-20(16)13-12-19-14(2)17-9-5-6-10-18(17)15(3)22(19)21/h5-13H,4H2,1-3H3. The third-order valence-corrected chi connectivity index (χ3v) is 5.05. The smallest absolute Gasteiger partial charge is 0.00669 e. The van der Waals surface area contributed by atoms with E-state index in [9.17, 15) is 0 Å². The Bertz CT molecular complexity index is 1020. The van der Waals surface area contributed by atoms with Crippen molar-refractivity contribution in [3.63, 3.8) is 0 Å². The molecule has 0 amide bonds. The molecule has 0 N–H and O–H groups in total. The molecule has 0 nitrogen and oxygen atoms in total. The number of hydrogen-bond acceptors (Lipinski definition) is 0. The summed E-state index contributed by atoms with van der Waals surface area (Å²) in [5.41, 5.74) is 4.22. The van der Waals surface area contributed by atoms with E-state index in [4.69, 9.17) is 0 Å². The highest BCUT2D eigenvalue weighted by molar-refractivity contribution is 6.16. The number of fused-ring (bicyclic) bond motifs is 4. The van der Waals surface area contributed by atoms with E-state index in [1.54, 1.807) is 0 Å². The van der Waals surface area contributed by atoms with Gasteiger partial charge in [0.25, 0.3) is 0 Å². The van der Waals surface area contributed by atoms with E-state index >= 15 is 0 Å². The summed E-state index contributed by atoms with van der Waals surface area (Å²) < 4.78 is 0. The molecule has 0 fully saturated rings. The zero-order valence-corrected chi connectivity index (χ0v) is 13.4. The molecule has 0 saturated heterocycles. The van der Waals surface area contributed by atoms with Crippen LogP contribution in [0.1, 0.15) is 23.6 Å². The van der Waals surface area contributed by atoms with Gasteiger partial charge >= 0.3 is 0 Å². The highest BCUT2D eigenvalue weighted by Gasteiger charge is 2.11. The van der Waals surface area contributed by atoms with Crippen LogP contribution < -0.4 is 0 Å². The molecule has 0 aliphatic rings. The molecule has 0 spiro atoms. The second-order valence-electron chi connectivity index (χ2n) is 6.15. The highest BCUT2D eigenvalue weighted by Crippen LogP contribution is 2.37. The summed E-state index contributed by atoms with van der Waals surface area (Å²) in [4.78, 5) is 0. The Balaban J connectivity index is 2.32. The van der Waals surface area contributed by atoms with Crippen LogP contribution in [-0.2, 0) is 6.42 Å². The number of rotatable bonds is 1. The Kier molecular flexibility index (Phi) is 2.94. The first-order valence-electron chi connectivity index (χ1n) is 8.04. The van der Waals surface area contributed by atoms with Crippen molar-refractivity contribution in [3.05, 3.63) is 71.3 Å². The van der Waals surface area contributed by atoms with Crippen LogP contribution in [0.4, 0.5) is 0 Å². The molecule has 0 heteroatoms. The van der Waals surface area contributed by atoms with Gasteiger partial charge in [-0.2, -0.15) is 0 Å². The zero-order valence-electron chi connectivity index (χ0n) is 13.4. The van der Waals surface area contributed by atoms with E-state index in [2.05, 4.69) is 75.4 Å². The Morgan fingerprint density at radius 2 is 1.23 bits per heavy atom. The first-order valence-corrected chi connectivity index (χ1v) is 8.04. The molecule has 108 valence electrons. The normalized spacial score (nSPS) is 11.6.